The number of ether oxygens (including phenoxy) is 1. The number of benzene rings is 1. The van der Waals surface area contributed by atoms with Gasteiger partial charge >= 0.3 is 5.97 Å². The Labute approximate surface area is 151 Å². The fourth-order valence-corrected chi connectivity index (χ4v) is 2.82. The van der Waals surface area contributed by atoms with Gasteiger partial charge in [-0.05, 0) is 23.6 Å². The first-order chi connectivity index (χ1) is 12.5. The molecule has 0 saturated heterocycles. The zero-order valence-electron chi connectivity index (χ0n) is 13.3. The first-order valence-corrected chi connectivity index (χ1v) is 8.44. The molecule has 1 aliphatic rings. The summed E-state index contributed by atoms with van der Waals surface area (Å²) in [5.74, 6) is -2.53. The molecule has 2 heterocycles. The lowest BCUT2D eigenvalue weighted by Gasteiger charge is -2.08. The van der Waals surface area contributed by atoms with Crippen molar-refractivity contribution in [2.24, 2.45) is 5.16 Å². The van der Waals surface area contributed by atoms with Gasteiger partial charge in [0.15, 0.2) is 6.61 Å². The number of hydrogen-bond donors (Lipinski definition) is 1. The number of nitrogens with zero attached hydrogens (tertiary/aromatic N) is 1. The van der Waals surface area contributed by atoms with Crippen LogP contribution >= 0.6 is 11.3 Å². The van der Waals surface area contributed by atoms with E-state index in [-0.39, 0.29) is 6.42 Å². The summed E-state index contributed by atoms with van der Waals surface area (Å²) in [5.41, 5.74) is 0.906. The number of rotatable bonds is 5. The molecule has 2 aromatic rings. The second-order valence-corrected chi connectivity index (χ2v) is 6.26. The molecule has 1 unspecified atom stereocenters. The summed E-state index contributed by atoms with van der Waals surface area (Å²) >= 11 is 1.18. The molecule has 1 aromatic heterocycles. The lowest BCUT2D eigenvalue weighted by molar-refractivity contribution is -0.158. The van der Waals surface area contributed by atoms with E-state index in [0.717, 1.165) is 0 Å². The number of carbonyl (C=O) groups is 3. The van der Waals surface area contributed by atoms with Gasteiger partial charge in [0, 0.05) is 12.0 Å². The maximum atomic E-state index is 13.2. The molecule has 0 bridgehead atoms. The van der Waals surface area contributed by atoms with Gasteiger partial charge in [-0.2, -0.15) is 0 Å². The van der Waals surface area contributed by atoms with Crippen LogP contribution in [-0.2, 0) is 19.2 Å². The Morgan fingerprint density at radius 3 is 2.88 bits per heavy atom. The molecule has 9 heteroatoms. The lowest BCUT2D eigenvalue weighted by atomic mass is 10.1. The molecule has 0 fully saturated rings. The average Bonchev–Trinajstić information content (AvgIpc) is 3.31. The number of halogens is 1. The zero-order valence-corrected chi connectivity index (χ0v) is 14.1. The Bertz CT molecular complexity index is 866. The molecule has 0 spiro atoms. The van der Waals surface area contributed by atoms with Crippen molar-refractivity contribution < 1.29 is 28.3 Å². The van der Waals surface area contributed by atoms with E-state index in [2.05, 4.69) is 10.5 Å². The smallest absolute Gasteiger partial charge is 0.351 e. The van der Waals surface area contributed by atoms with Gasteiger partial charge < -0.3 is 9.57 Å². The van der Waals surface area contributed by atoms with Crippen molar-refractivity contribution in [1.29, 1.82) is 0 Å². The third-order valence-corrected chi connectivity index (χ3v) is 4.30. The molecule has 0 aliphatic carbocycles. The third kappa shape index (κ3) is 4.31. The van der Waals surface area contributed by atoms with E-state index < -0.39 is 36.3 Å². The predicted molar refractivity (Wildman–Crippen MR) is 90.2 cm³/mol. The second kappa shape index (κ2) is 7.87. The lowest BCUT2D eigenvalue weighted by Crippen LogP contribution is -2.35. The summed E-state index contributed by atoms with van der Waals surface area (Å²) in [7, 11) is 0. The Balaban J connectivity index is 1.46. The van der Waals surface area contributed by atoms with E-state index in [0.29, 0.717) is 16.2 Å². The van der Waals surface area contributed by atoms with Crippen molar-refractivity contribution in [2.45, 2.75) is 12.5 Å². The molecule has 1 atom stereocenters. The van der Waals surface area contributed by atoms with Crippen LogP contribution in [0, 0.1) is 5.82 Å². The Morgan fingerprint density at radius 1 is 1.31 bits per heavy atom. The summed E-state index contributed by atoms with van der Waals surface area (Å²) in [4.78, 5) is 40.7. The quantitative estimate of drug-likeness (QED) is 0.804. The van der Waals surface area contributed by atoms with E-state index >= 15 is 0 Å². The Morgan fingerprint density at radius 2 is 2.15 bits per heavy atom. The van der Waals surface area contributed by atoms with Crippen LogP contribution in [-0.4, -0.2) is 36.2 Å². The van der Waals surface area contributed by atoms with Crippen LogP contribution in [0.3, 0.4) is 0 Å². The minimum absolute atomic E-state index is 0.0953. The maximum absolute atomic E-state index is 13.2. The van der Waals surface area contributed by atoms with E-state index in [1.54, 1.807) is 23.6 Å². The number of nitrogens with one attached hydrogen (secondary N) is 1. The van der Waals surface area contributed by atoms with E-state index in [9.17, 15) is 18.8 Å². The number of oxime groups is 1. The summed E-state index contributed by atoms with van der Waals surface area (Å²) in [6, 6.07) is 8.98. The van der Waals surface area contributed by atoms with Crippen LogP contribution in [0.5, 0.6) is 0 Å². The number of esters is 1. The van der Waals surface area contributed by atoms with Gasteiger partial charge in [-0.25, -0.2) is 9.18 Å². The zero-order chi connectivity index (χ0) is 18.5. The highest BCUT2D eigenvalue weighted by atomic mass is 32.1. The Kier molecular flexibility index (Phi) is 5.37. The molecule has 1 aromatic carbocycles. The average molecular weight is 376 g/mol. The van der Waals surface area contributed by atoms with E-state index in [1.807, 2.05) is 0 Å². The number of carbonyl (C=O) groups excluding carboxylic acids is 3. The van der Waals surface area contributed by atoms with Crippen LogP contribution in [0.15, 0.2) is 46.9 Å². The first kappa shape index (κ1) is 17.7. The molecule has 26 heavy (non-hydrogen) atoms. The normalized spacial score (nSPS) is 15.7. The molecule has 1 aliphatic heterocycles. The topological polar surface area (TPSA) is 94.1 Å². The summed E-state index contributed by atoms with van der Waals surface area (Å²) in [6.07, 6.45) is -0.924. The Hall–Kier alpha value is -3.07. The van der Waals surface area contributed by atoms with Crippen LogP contribution in [0.2, 0.25) is 0 Å². The van der Waals surface area contributed by atoms with Crippen molar-refractivity contribution in [2.75, 3.05) is 6.61 Å². The maximum Gasteiger partial charge on any atom is 0.351 e. The molecule has 7 nitrogen and oxygen atoms in total. The SMILES string of the molecule is O=C(COC(=O)C1CC(c2cccc(F)c2)=NO1)NC(=O)c1cccs1. The minimum Gasteiger partial charge on any atom is -0.453 e. The number of thiophene rings is 1. The largest absolute Gasteiger partial charge is 0.453 e. The van der Waals surface area contributed by atoms with Crippen molar-refractivity contribution in [1.82, 2.24) is 5.32 Å². The standard InChI is InChI=1S/C17H13FN2O5S/c18-11-4-1-3-10(7-11)12-8-13(25-20-12)17(23)24-9-15(21)19-16(22)14-5-2-6-26-14/h1-7,13H,8-9H2,(H,19,21,22). The molecule has 134 valence electrons. The summed E-state index contributed by atoms with van der Waals surface area (Å²) < 4.78 is 18.1. The van der Waals surface area contributed by atoms with Crippen molar-refractivity contribution in [3.8, 4) is 0 Å². The summed E-state index contributed by atoms with van der Waals surface area (Å²) in [5, 5.41) is 7.57. The van der Waals surface area contributed by atoms with Gasteiger partial charge in [0.05, 0.1) is 10.6 Å². The van der Waals surface area contributed by atoms with Crippen molar-refractivity contribution >= 4 is 34.8 Å². The predicted octanol–water partition coefficient (Wildman–Crippen LogP) is 1.88. The number of amides is 2. The molecular formula is C17H13FN2O5S. The number of hydrogen-bond acceptors (Lipinski definition) is 7. The van der Waals surface area contributed by atoms with E-state index in [1.165, 1.54) is 29.5 Å². The van der Waals surface area contributed by atoms with Gasteiger partial charge in [0.25, 0.3) is 11.8 Å². The fourth-order valence-electron chi connectivity index (χ4n) is 2.20. The molecule has 1 N–H and O–H groups in total. The highest BCUT2D eigenvalue weighted by Gasteiger charge is 2.31. The number of imide groups is 1. The van der Waals surface area contributed by atoms with Gasteiger partial charge in [-0.3, -0.25) is 14.9 Å². The highest BCUT2D eigenvalue weighted by Crippen LogP contribution is 2.18. The van der Waals surface area contributed by atoms with E-state index in [4.69, 9.17) is 9.57 Å². The first-order valence-electron chi connectivity index (χ1n) is 7.56. The second-order valence-electron chi connectivity index (χ2n) is 5.31. The highest BCUT2D eigenvalue weighted by molar-refractivity contribution is 7.12. The fraction of sp³-hybridized carbons (Fsp3) is 0.176. The minimum atomic E-state index is -1.02. The molecule has 3 rings (SSSR count). The third-order valence-electron chi connectivity index (χ3n) is 3.43. The van der Waals surface area contributed by atoms with Gasteiger partial charge in [-0.1, -0.05) is 23.4 Å². The van der Waals surface area contributed by atoms with Crippen molar-refractivity contribution in [3.05, 3.63) is 58.0 Å². The van der Waals surface area contributed by atoms with Crippen LogP contribution < -0.4 is 5.32 Å². The van der Waals surface area contributed by atoms with Crippen molar-refractivity contribution in [3.63, 3.8) is 0 Å². The van der Waals surface area contributed by atoms with Crippen LogP contribution in [0.25, 0.3) is 0 Å². The molecule has 2 amide bonds. The molecule has 0 radical (unpaired) electrons. The molecular weight excluding hydrogens is 363 g/mol. The monoisotopic (exact) mass is 376 g/mol. The van der Waals surface area contributed by atoms with Gasteiger partial charge in [0.1, 0.15) is 5.82 Å². The van der Waals surface area contributed by atoms with Crippen LogP contribution in [0.4, 0.5) is 4.39 Å². The van der Waals surface area contributed by atoms with Gasteiger partial charge in [-0.15, -0.1) is 11.3 Å². The summed E-state index contributed by atoms with van der Waals surface area (Å²) in [6.45, 7) is -0.620. The van der Waals surface area contributed by atoms with Gasteiger partial charge in [0.2, 0.25) is 6.10 Å². The molecule has 0 saturated carbocycles. The van der Waals surface area contributed by atoms with Crippen LogP contribution in [0.1, 0.15) is 21.7 Å².